The van der Waals surface area contributed by atoms with Crippen molar-refractivity contribution in [3.8, 4) is 16.9 Å². The predicted octanol–water partition coefficient (Wildman–Crippen LogP) is 3.89. The molecule has 6 heteroatoms. The number of hydrogen-bond acceptors (Lipinski definition) is 3. The summed E-state index contributed by atoms with van der Waals surface area (Å²) in [5.41, 5.74) is 0.802. The van der Waals surface area contributed by atoms with Crippen molar-refractivity contribution in [3.63, 3.8) is 0 Å². The first-order valence-corrected chi connectivity index (χ1v) is 8.44. The second kappa shape index (κ2) is 6.88. The first-order valence-electron chi connectivity index (χ1n) is 8.44. The van der Waals surface area contributed by atoms with E-state index in [-0.39, 0.29) is 5.52 Å². The fourth-order valence-corrected chi connectivity index (χ4v) is 3.21. The normalized spacial score (nSPS) is 16.9. The lowest BCUT2D eigenvalue weighted by molar-refractivity contribution is 0.167. The minimum Gasteiger partial charge on any atom is -0.493 e. The van der Waals surface area contributed by atoms with Gasteiger partial charge in [0.15, 0.2) is 0 Å². The van der Waals surface area contributed by atoms with Crippen molar-refractivity contribution in [2.45, 2.75) is 6.42 Å². The third kappa shape index (κ3) is 3.20. The van der Waals surface area contributed by atoms with Crippen molar-refractivity contribution in [3.05, 3.63) is 64.5 Å². The van der Waals surface area contributed by atoms with Gasteiger partial charge in [0.05, 0.1) is 18.7 Å². The molecule has 0 bridgehead atoms. The maximum atomic E-state index is 14.1. The van der Waals surface area contributed by atoms with Gasteiger partial charge in [-0.05, 0) is 42.3 Å². The van der Waals surface area contributed by atoms with Crippen LogP contribution in [0.3, 0.4) is 0 Å². The highest BCUT2D eigenvalue weighted by molar-refractivity contribution is 5.96. The minimum absolute atomic E-state index is 0.0920. The number of fused-ring (bicyclic) bond motifs is 1. The van der Waals surface area contributed by atoms with E-state index in [0.717, 1.165) is 13.0 Å². The van der Waals surface area contributed by atoms with Crippen molar-refractivity contribution >= 4 is 10.9 Å². The molecule has 1 N–H and O–H groups in total. The van der Waals surface area contributed by atoms with Gasteiger partial charge in [-0.1, -0.05) is 6.07 Å². The molecule has 4 nitrogen and oxygen atoms in total. The van der Waals surface area contributed by atoms with Crippen LogP contribution < -0.4 is 10.3 Å². The molecular formula is C20H17F2NO3. The van der Waals surface area contributed by atoms with E-state index in [1.165, 1.54) is 30.3 Å². The molecule has 1 fully saturated rings. The standard InChI is InChI=1S/C20H17F2NO3/c21-13-1-5-18(26-11-12-7-8-25-10-12)16(9-13)14-2-4-17(22)20-15(14)3-6-19(24)23-20/h1-6,9,12H,7-8,10-11H2,(H,23,24). The maximum absolute atomic E-state index is 14.1. The molecule has 1 unspecified atom stereocenters. The molecule has 1 aromatic heterocycles. The Labute approximate surface area is 148 Å². The number of ether oxygens (including phenoxy) is 2. The predicted molar refractivity (Wildman–Crippen MR) is 94.3 cm³/mol. The number of aromatic amines is 1. The Morgan fingerprint density at radius 3 is 2.81 bits per heavy atom. The molecule has 1 atom stereocenters. The van der Waals surface area contributed by atoms with Crippen LogP contribution in [0.2, 0.25) is 0 Å². The van der Waals surface area contributed by atoms with Crippen molar-refractivity contribution in [2.24, 2.45) is 5.92 Å². The fourth-order valence-electron chi connectivity index (χ4n) is 3.21. The number of pyridine rings is 1. The van der Waals surface area contributed by atoms with Crippen molar-refractivity contribution in [1.82, 2.24) is 4.98 Å². The van der Waals surface area contributed by atoms with Crippen molar-refractivity contribution < 1.29 is 18.3 Å². The van der Waals surface area contributed by atoms with Crippen LogP contribution in [0.15, 0.2) is 47.3 Å². The zero-order chi connectivity index (χ0) is 18.1. The SMILES string of the molecule is O=c1ccc2c(-c3cc(F)ccc3OCC3CCOC3)ccc(F)c2[nH]1. The first kappa shape index (κ1) is 16.7. The van der Waals surface area contributed by atoms with Crippen molar-refractivity contribution in [1.29, 1.82) is 0 Å². The Kier molecular flexibility index (Phi) is 4.42. The molecule has 0 spiro atoms. The van der Waals surface area contributed by atoms with Crippen LogP contribution in [0.4, 0.5) is 8.78 Å². The molecule has 0 aliphatic carbocycles. The monoisotopic (exact) mass is 357 g/mol. The molecule has 0 saturated carbocycles. The van der Waals surface area contributed by atoms with Gasteiger partial charge in [-0.3, -0.25) is 4.79 Å². The summed E-state index contributed by atoms with van der Waals surface area (Å²) in [5, 5.41) is 0.490. The molecule has 3 aromatic rings. The number of nitrogens with one attached hydrogen (secondary N) is 1. The lowest BCUT2D eigenvalue weighted by atomic mass is 9.99. The van der Waals surface area contributed by atoms with Crippen LogP contribution in [-0.2, 0) is 4.74 Å². The van der Waals surface area contributed by atoms with Crippen LogP contribution in [0, 0.1) is 17.6 Å². The van der Waals surface area contributed by atoms with E-state index >= 15 is 0 Å². The van der Waals surface area contributed by atoms with Crippen LogP contribution in [0.25, 0.3) is 22.0 Å². The second-order valence-electron chi connectivity index (χ2n) is 6.39. The average Bonchev–Trinajstić information content (AvgIpc) is 3.15. The quantitative estimate of drug-likeness (QED) is 0.771. The molecule has 0 amide bonds. The van der Waals surface area contributed by atoms with Gasteiger partial charge in [-0.25, -0.2) is 8.78 Å². The highest BCUT2D eigenvalue weighted by atomic mass is 19.1. The van der Waals surface area contributed by atoms with Crippen LogP contribution in [-0.4, -0.2) is 24.8 Å². The van der Waals surface area contributed by atoms with E-state index in [9.17, 15) is 13.6 Å². The molecule has 26 heavy (non-hydrogen) atoms. The summed E-state index contributed by atoms with van der Waals surface area (Å²) in [7, 11) is 0. The number of aromatic nitrogens is 1. The van der Waals surface area contributed by atoms with E-state index in [1.54, 1.807) is 12.1 Å². The van der Waals surface area contributed by atoms with Gasteiger partial charge in [-0.15, -0.1) is 0 Å². The zero-order valence-electron chi connectivity index (χ0n) is 13.9. The summed E-state index contributed by atoms with van der Waals surface area (Å²) in [6.07, 6.45) is 0.928. The molecule has 4 rings (SSSR count). The van der Waals surface area contributed by atoms with Gasteiger partial charge in [-0.2, -0.15) is 0 Å². The summed E-state index contributed by atoms with van der Waals surface area (Å²) >= 11 is 0. The molecule has 1 aliphatic heterocycles. The van der Waals surface area contributed by atoms with Gasteiger partial charge >= 0.3 is 0 Å². The maximum Gasteiger partial charge on any atom is 0.248 e. The Morgan fingerprint density at radius 2 is 2.00 bits per heavy atom. The van der Waals surface area contributed by atoms with E-state index < -0.39 is 17.2 Å². The third-order valence-electron chi connectivity index (χ3n) is 4.57. The number of rotatable bonds is 4. The van der Waals surface area contributed by atoms with Crippen molar-refractivity contribution in [2.75, 3.05) is 19.8 Å². The summed E-state index contributed by atoms with van der Waals surface area (Å²) < 4.78 is 39.3. The van der Waals surface area contributed by atoms with Crippen LogP contribution in [0.1, 0.15) is 6.42 Å². The Balaban J connectivity index is 1.79. The van der Waals surface area contributed by atoms with E-state index in [4.69, 9.17) is 9.47 Å². The van der Waals surface area contributed by atoms with E-state index in [0.29, 0.717) is 41.4 Å². The molecule has 2 heterocycles. The Hall–Kier alpha value is -2.73. The molecular weight excluding hydrogens is 340 g/mol. The molecule has 0 radical (unpaired) electrons. The molecule has 134 valence electrons. The fraction of sp³-hybridized carbons (Fsp3) is 0.250. The summed E-state index contributed by atoms with van der Waals surface area (Å²) in [4.78, 5) is 14.0. The molecule has 2 aromatic carbocycles. The smallest absolute Gasteiger partial charge is 0.248 e. The van der Waals surface area contributed by atoms with Crippen LogP contribution in [0.5, 0.6) is 5.75 Å². The lowest BCUT2D eigenvalue weighted by Gasteiger charge is -2.16. The minimum atomic E-state index is -0.538. The summed E-state index contributed by atoms with van der Waals surface area (Å²) in [6, 6.07) is 9.94. The van der Waals surface area contributed by atoms with Gasteiger partial charge in [0.25, 0.3) is 0 Å². The molecule has 1 aliphatic rings. The largest absolute Gasteiger partial charge is 0.493 e. The van der Waals surface area contributed by atoms with Gasteiger partial charge in [0.1, 0.15) is 17.4 Å². The number of H-pyrrole nitrogens is 1. The van der Waals surface area contributed by atoms with Gasteiger partial charge in [0.2, 0.25) is 5.56 Å². The summed E-state index contributed by atoms with van der Waals surface area (Å²) in [5.74, 6) is -0.145. The van der Waals surface area contributed by atoms with Gasteiger partial charge < -0.3 is 14.5 Å². The number of hydrogen-bond donors (Lipinski definition) is 1. The lowest BCUT2D eigenvalue weighted by Crippen LogP contribution is -2.12. The summed E-state index contributed by atoms with van der Waals surface area (Å²) in [6.45, 7) is 1.84. The third-order valence-corrected chi connectivity index (χ3v) is 4.57. The van der Waals surface area contributed by atoms with E-state index in [1.807, 2.05) is 0 Å². The first-order chi connectivity index (χ1) is 12.6. The average molecular weight is 357 g/mol. The van der Waals surface area contributed by atoms with E-state index in [2.05, 4.69) is 4.98 Å². The number of halogens is 2. The topological polar surface area (TPSA) is 51.3 Å². The number of benzene rings is 2. The van der Waals surface area contributed by atoms with Gasteiger partial charge in [0, 0.05) is 29.5 Å². The zero-order valence-corrected chi connectivity index (χ0v) is 13.9. The highest BCUT2D eigenvalue weighted by Gasteiger charge is 2.18. The second-order valence-corrected chi connectivity index (χ2v) is 6.39. The highest BCUT2D eigenvalue weighted by Crippen LogP contribution is 2.36. The Bertz CT molecular complexity index is 1010. The molecule has 1 saturated heterocycles. The Morgan fingerprint density at radius 1 is 1.12 bits per heavy atom. The van der Waals surface area contributed by atoms with Crippen LogP contribution >= 0.6 is 0 Å².